The first-order valence-corrected chi connectivity index (χ1v) is 7.31. The average Bonchev–Trinajstić information content (AvgIpc) is 2.74. The second-order valence-corrected chi connectivity index (χ2v) is 5.93. The van der Waals surface area contributed by atoms with Gasteiger partial charge in [0.15, 0.2) is 5.76 Å². The minimum Gasteiger partial charge on any atom is -0.492 e. The standard InChI is InChI=1S/C16H17ClFNO4/c1-8(2)7-22-13-6-12(11(18)5-10(13)17)19-15(20)14(9(3)4)23-16(19)21/h5-6,9,20H,1,7H2,2-4H3. The Morgan fingerprint density at radius 2 is 2.17 bits per heavy atom. The SMILES string of the molecule is C=C(C)COc1cc(-n2c(O)c(C(C)C)oc2=O)c(F)cc1Cl. The third-order valence-corrected chi connectivity index (χ3v) is 3.35. The van der Waals surface area contributed by atoms with Crippen LogP contribution in [0.1, 0.15) is 32.4 Å². The summed E-state index contributed by atoms with van der Waals surface area (Å²) in [5.41, 5.74) is 0.543. The third kappa shape index (κ3) is 3.42. The highest BCUT2D eigenvalue weighted by Crippen LogP contribution is 2.33. The van der Waals surface area contributed by atoms with E-state index in [2.05, 4.69) is 6.58 Å². The average molecular weight is 342 g/mol. The number of halogens is 2. The zero-order chi connectivity index (χ0) is 17.3. The summed E-state index contributed by atoms with van der Waals surface area (Å²) in [7, 11) is 0. The molecule has 0 atom stereocenters. The Kier molecular flexibility index (Phi) is 4.85. The summed E-state index contributed by atoms with van der Waals surface area (Å²) in [5.74, 6) is -2.11. The van der Waals surface area contributed by atoms with Crippen LogP contribution >= 0.6 is 11.6 Å². The van der Waals surface area contributed by atoms with Crippen LogP contribution in [0.15, 0.2) is 33.5 Å². The fourth-order valence-corrected chi connectivity index (χ4v) is 2.18. The molecule has 1 heterocycles. The number of oxazole rings is 1. The van der Waals surface area contributed by atoms with Crippen molar-refractivity contribution in [3.8, 4) is 17.3 Å². The van der Waals surface area contributed by atoms with Crippen LogP contribution in [0.5, 0.6) is 11.6 Å². The molecule has 0 spiro atoms. The highest BCUT2D eigenvalue weighted by atomic mass is 35.5. The summed E-state index contributed by atoms with van der Waals surface area (Å²) >= 11 is 5.94. The summed E-state index contributed by atoms with van der Waals surface area (Å²) in [4.78, 5) is 12.0. The largest absolute Gasteiger partial charge is 0.492 e. The Balaban J connectivity index is 2.58. The van der Waals surface area contributed by atoms with Gasteiger partial charge in [-0.2, -0.15) is 0 Å². The van der Waals surface area contributed by atoms with Gasteiger partial charge in [0.1, 0.15) is 18.2 Å². The first kappa shape index (κ1) is 17.1. The topological polar surface area (TPSA) is 64.6 Å². The molecule has 1 aromatic carbocycles. The molecule has 0 aliphatic rings. The summed E-state index contributed by atoms with van der Waals surface area (Å²) < 4.78 is 25.4. The molecule has 5 nitrogen and oxygen atoms in total. The van der Waals surface area contributed by atoms with E-state index in [0.717, 1.165) is 16.2 Å². The molecular formula is C16H17ClFNO4. The van der Waals surface area contributed by atoms with E-state index in [4.69, 9.17) is 20.8 Å². The van der Waals surface area contributed by atoms with Crippen molar-refractivity contribution in [1.29, 1.82) is 0 Å². The van der Waals surface area contributed by atoms with E-state index in [1.807, 2.05) is 0 Å². The number of ether oxygens (including phenoxy) is 1. The summed E-state index contributed by atoms with van der Waals surface area (Å²) in [6.45, 7) is 9.13. The predicted molar refractivity (Wildman–Crippen MR) is 85.3 cm³/mol. The van der Waals surface area contributed by atoms with Crippen molar-refractivity contribution in [2.45, 2.75) is 26.7 Å². The second-order valence-electron chi connectivity index (χ2n) is 5.53. The van der Waals surface area contributed by atoms with Crippen LogP contribution in [0.3, 0.4) is 0 Å². The lowest BCUT2D eigenvalue weighted by Crippen LogP contribution is -2.13. The summed E-state index contributed by atoms with van der Waals surface area (Å²) in [6.07, 6.45) is 0. The molecule has 0 saturated carbocycles. The first-order chi connectivity index (χ1) is 10.7. The van der Waals surface area contributed by atoms with Gasteiger partial charge in [-0.3, -0.25) is 0 Å². The summed E-state index contributed by atoms with van der Waals surface area (Å²) in [5, 5.41) is 10.2. The van der Waals surface area contributed by atoms with Gasteiger partial charge in [-0.1, -0.05) is 32.0 Å². The monoisotopic (exact) mass is 341 g/mol. The van der Waals surface area contributed by atoms with Gasteiger partial charge in [-0.15, -0.1) is 0 Å². The number of nitrogens with zero attached hydrogens (tertiary/aromatic N) is 1. The van der Waals surface area contributed by atoms with E-state index in [1.54, 1.807) is 20.8 Å². The molecule has 7 heteroatoms. The predicted octanol–water partition coefficient (Wildman–Crippen LogP) is 4.01. The van der Waals surface area contributed by atoms with E-state index < -0.39 is 17.5 Å². The lowest BCUT2D eigenvalue weighted by atomic mass is 10.2. The molecule has 0 amide bonds. The van der Waals surface area contributed by atoms with Crippen molar-refractivity contribution in [3.05, 3.63) is 51.4 Å². The number of aromatic nitrogens is 1. The molecule has 0 unspecified atom stereocenters. The molecule has 0 fully saturated rings. The highest BCUT2D eigenvalue weighted by Gasteiger charge is 2.23. The van der Waals surface area contributed by atoms with Crippen molar-refractivity contribution in [2.24, 2.45) is 0 Å². The zero-order valence-corrected chi connectivity index (χ0v) is 13.8. The van der Waals surface area contributed by atoms with Crippen molar-refractivity contribution < 1.29 is 18.7 Å². The first-order valence-electron chi connectivity index (χ1n) is 6.93. The van der Waals surface area contributed by atoms with Crippen LogP contribution in [0, 0.1) is 5.82 Å². The van der Waals surface area contributed by atoms with Crippen LogP contribution in [0.2, 0.25) is 5.02 Å². The second kappa shape index (κ2) is 6.50. The molecule has 0 bridgehead atoms. The molecular weight excluding hydrogens is 325 g/mol. The van der Waals surface area contributed by atoms with Gasteiger partial charge >= 0.3 is 5.76 Å². The van der Waals surface area contributed by atoms with Gasteiger partial charge in [-0.25, -0.2) is 13.8 Å². The van der Waals surface area contributed by atoms with Crippen LogP contribution in [-0.4, -0.2) is 16.3 Å². The number of aromatic hydroxyl groups is 1. The van der Waals surface area contributed by atoms with Gasteiger partial charge in [0, 0.05) is 12.0 Å². The Labute approximate surface area is 137 Å². The van der Waals surface area contributed by atoms with E-state index in [9.17, 15) is 14.3 Å². The smallest absolute Gasteiger partial charge is 0.426 e. The van der Waals surface area contributed by atoms with Gasteiger partial charge in [0.2, 0.25) is 5.88 Å². The third-order valence-electron chi connectivity index (χ3n) is 3.05. The van der Waals surface area contributed by atoms with Crippen molar-refractivity contribution in [1.82, 2.24) is 4.57 Å². The quantitative estimate of drug-likeness (QED) is 0.835. The fourth-order valence-electron chi connectivity index (χ4n) is 1.97. The molecule has 0 aliphatic heterocycles. The van der Waals surface area contributed by atoms with Crippen molar-refractivity contribution in [2.75, 3.05) is 6.61 Å². The fraction of sp³-hybridized carbons (Fsp3) is 0.312. The van der Waals surface area contributed by atoms with E-state index in [0.29, 0.717) is 0 Å². The molecule has 1 aromatic heterocycles. The zero-order valence-electron chi connectivity index (χ0n) is 13.0. The molecule has 0 saturated heterocycles. The molecule has 124 valence electrons. The van der Waals surface area contributed by atoms with E-state index >= 15 is 0 Å². The number of benzene rings is 1. The lowest BCUT2D eigenvalue weighted by Gasteiger charge is -2.11. The normalized spacial score (nSPS) is 11.0. The van der Waals surface area contributed by atoms with Crippen LogP contribution < -0.4 is 10.5 Å². The molecule has 2 rings (SSSR count). The van der Waals surface area contributed by atoms with Crippen LogP contribution in [0.25, 0.3) is 5.69 Å². The Morgan fingerprint density at radius 3 is 2.70 bits per heavy atom. The van der Waals surface area contributed by atoms with Gasteiger partial charge in [0.25, 0.3) is 0 Å². The maximum atomic E-state index is 14.2. The van der Waals surface area contributed by atoms with E-state index in [1.165, 1.54) is 6.07 Å². The number of hydrogen-bond acceptors (Lipinski definition) is 4. The molecule has 1 N–H and O–H groups in total. The van der Waals surface area contributed by atoms with Crippen LogP contribution in [0.4, 0.5) is 4.39 Å². The summed E-state index contributed by atoms with van der Waals surface area (Å²) in [6, 6.07) is 2.25. The minimum atomic E-state index is -0.890. The number of rotatable bonds is 5. The minimum absolute atomic E-state index is 0.0487. The Bertz CT molecular complexity index is 807. The van der Waals surface area contributed by atoms with E-state index in [-0.39, 0.29) is 34.7 Å². The Morgan fingerprint density at radius 1 is 1.52 bits per heavy atom. The molecule has 23 heavy (non-hydrogen) atoms. The lowest BCUT2D eigenvalue weighted by molar-refractivity contribution is 0.351. The molecule has 2 aromatic rings. The Hall–Kier alpha value is -2.21. The van der Waals surface area contributed by atoms with Crippen molar-refractivity contribution in [3.63, 3.8) is 0 Å². The van der Waals surface area contributed by atoms with Gasteiger partial charge in [0.05, 0.1) is 10.7 Å². The molecule has 0 radical (unpaired) electrons. The van der Waals surface area contributed by atoms with Gasteiger partial charge < -0.3 is 14.3 Å². The molecule has 0 aliphatic carbocycles. The maximum Gasteiger partial charge on any atom is 0.426 e. The van der Waals surface area contributed by atoms with Gasteiger partial charge in [-0.05, 0) is 18.6 Å². The number of hydrogen-bond donors (Lipinski definition) is 1. The van der Waals surface area contributed by atoms with Crippen molar-refractivity contribution >= 4 is 11.6 Å². The maximum absolute atomic E-state index is 14.2. The highest BCUT2D eigenvalue weighted by molar-refractivity contribution is 6.32. The van der Waals surface area contributed by atoms with Crippen LogP contribution in [-0.2, 0) is 0 Å².